The van der Waals surface area contributed by atoms with E-state index in [0.29, 0.717) is 6.54 Å². The number of aliphatic hydroxyl groups is 1. The summed E-state index contributed by atoms with van der Waals surface area (Å²) >= 11 is 0. The maximum atomic E-state index is 12.7. The van der Waals surface area contributed by atoms with Gasteiger partial charge in [0.25, 0.3) is 0 Å². The van der Waals surface area contributed by atoms with Crippen LogP contribution in [0.5, 0.6) is 0 Å². The number of ether oxygens (including phenoxy) is 1. The number of benzene rings is 1. The van der Waals surface area contributed by atoms with Crippen molar-refractivity contribution in [2.75, 3.05) is 13.2 Å². The second-order valence-electron chi connectivity index (χ2n) is 4.87. The van der Waals surface area contributed by atoms with Crippen LogP contribution in [0.2, 0.25) is 0 Å². The van der Waals surface area contributed by atoms with Crippen molar-refractivity contribution in [3.63, 3.8) is 0 Å². The number of nitrogens with zero attached hydrogens (tertiary/aromatic N) is 1. The lowest BCUT2D eigenvalue weighted by molar-refractivity contribution is -0.137. The smallest absolute Gasteiger partial charge is 0.350 e. The Balaban J connectivity index is 3.25. The van der Waals surface area contributed by atoms with Gasteiger partial charge in [-0.05, 0) is 45.1 Å². The third-order valence-corrected chi connectivity index (χ3v) is 4.96. The molecule has 1 aromatic carbocycles. The van der Waals surface area contributed by atoms with E-state index in [1.165, 1.54) is 30.5 Å². The first kappa shape index (κ1) is 19.9. The fourth-order valence-corrected chi connectivity index (χ4v) is 3.24. The highest BCUT2D eigenvalue weighted by Gasteiger charge is 2.27. The highest BCUT2D eigenvalue weighted by molar-refractivity contribution is 7.96. The van der Waals surface area contributed by atoms with Crippen LogP contribution in [0.1, 0.15) is 20.8 Å². The fourth-order valence-electron chi connectivity index (χ4n) is 1.93. The Morgan fingerprint density at radius 1 is 1.29 bits per heavy atom. The Kier molecular flexibility index (Phi) is 7.67. The van der Waals surface area contributed by atoms with Crippen molar-refractivity contribution in [2.24, 2.45) is 0 Å². The van der Waals surface area contributed by atoms with Crippen LogP contribution in [0.4, 0.5) is 0 Å². The lowest BCUT2D eigenvalue weighted by Crippen LogP contribution is -2.27. The first-order chi connectivity index (χ1) is 11.3. The molecule has 1 N–H and O–H groups in total. The molecule has 0 aliphatic heterocycles. The molecule has 0 aliphatic carbocycles. The molecule has 0 radical (unpaired) electrons. The van der Waals surface area contributed by atoms with Crippen LogP contribution in [0, 0.1) is 0 Å². The van der Waals surface area contributed by atoms with Gasteiger partial charge in [0.2, 0.25) is 9.84 Å². The summed E-state index contributed by atoms with van der Waals surface area (Å²) in [7, 11) is -3.99. The Hall–Kier alpha value is -2.12. The summed E-state index contributed by atoms with van der Waals surface area (Å²) in [4.78, 5) is 13.2. The van der Waals surface area contributed by atoms with Gasteiger partial charge in [0, 0.05) is 12.7 Å². The summed E-state index contributed by atoms with van der Waals surface area (Å²) in [5, 5.41) is 9.55. The van der Waals surface area contributed by atoms with Crippen molar-refractivity contribution in [3.8, 4) is 0 Å². The molecule has 0 saturated heterocycles. The first-order valence-corrected chi connectivity index (χ1v) is 9.12. The quantitative estimate of drug-likeness (QED) is 0.333. The second kappa shape index (κ2) is 9.24. The predicted octanol–water partition coefficient (Wildman–Crippen LogP) is 2.08. The van der Waals surface area contributed by atoms with Crippen molar-refractivity contribution in [1.29, 1.82) is 0 Å². The predicted molar refractivity (Wildman–Crippen MR) is 91.5 cm³/mol. The maximum absolute atomic E-state index is 12.7. The van der Waals surface area contributed by atoms with Gasteiger partial charge in [-0.15, -0.1) is 0 Å². The van der Waals surface area contributed by atoms with Gasteiger partial charge >= 0.3 is 5.97 Å². The van der Waals surface area contributed by atoms with Gasteiger partial charge in [-0.1, -0.05) is 18.2 Å². The third-order valence-electron chi connectivity index (χ3n) is 3.19. The average molecular weight is 353 g/mol. The second-order valence-corrected chi connectivity index (χ2v) is 6.79. The number of sulfone groups is 1. The molecular formula is C17H23NO5S. The van der Waals surface area contributed by atoms with Crippen molar-refractivity contribution < 1.29 is 23.1 Å². The molecule has 0 fully saturated rings. The molecule has 0 aliphatic rings. The highest BCUT2D eigenvalue weighted by atomic mass is 32.2. The zero-order chi connectivity index (χ0) is 18.2. The van der Waals surface area contributed by atoms with E-state index in [2.05, 4.69) is 0 Å². The molecule has 1 atom stereocenters. The zero-order valence-corrected chi connectivity index (χ0v) is 14.9. The van der Waals surface area contributed by atoms with E-state index in [0.717, 1.165) is 0 Å². The maximum Gasteiger partial charge on any atom is 0.350 e. The normalized spacial score (nSPS) is 13.8. The van der Waals surface area contributed by atoms with Crippen molar-refractivity contribution in [3.05, 3.63) is 53.6 Å². The molecule has 7 heteroatoms. The van der Waals surface area contributed by atoms with Crippen molar-refractivity contribution in [2.45, 2.75) is 31.9 Å². The van der Waals surface area contributed by atoms with E-state index in [1.54, 1.807) is 36.9 Å². The summed E-state index contributed by atoms with van der Waals surface area (Å²) in [5.74, 6) is -0.911. The summed E-state index contributed by atoms with van der Waals surface area (Å²) in [6, 6.07) is 7.68. The lowest BCUT2D eigenvalue weighted by atomic mass is 10.4. The van der Waals surface area contributed by atoms with Gasteiger partial charge < -0.3 is 14.7 Å². The number of hydrogen-bond acceptors (Lipinski definition) is 6. The molecule has 132 valence electrons. The van der Waals surface area contributed by atoms with E-state index in [4.69, 9.17) is 4.74 Å². The van der Waals surface area contributed by atoms with Crippen molar-refractivity contribution >= 4 is 15.8 Å². The number of hydrogen-bond donors (Lipinski definition) is 1. The standard InChI is InChI=1S/C17H23NO5S/c1-4-18(14(3)19)13-9-12-16(17(20)23-5-2)24(21,22)15-10-7-6-8-11-15/h6-14,19H,4-5H2,1-3H3/b13-9+,16-12-. The summed E-state index contributed by atoms with van der Waals surface area (Å²) < 4.78 is 30.2. The van der Waals surface area contributed by atoms with Crippen molar-refractivity contribution in [1.82, 2.24) is 4.90 Å². The van der Waals surface area contributed by atoms with E-state index in [1.807, 2.05) is 6.92 Å². The largest absolute Gasteiger partial charge is 0.462 e. The topological polar surface area (TPSA) is 83.9 Å². The lowest BCUT2D eigenvalue weighted by Gasteiger charge is -2.21. The molecule has 24 heavy (non-hydrogen) atoms. The third kappa shape index (κ3) is 5.21. The van der Waals surface area contributed by atoms with Crippen LogP contribution in [0.25, 0.3) is 0 Å². The van der Waals surface area contributed by atoms with Crippen LogP contribution in [0.15, 0.2) is 58.5 Å². The van der Waals surface area contributed by atoms with Crippen LogP contribution in [-0.2, 0) is 19.4 Å². The van der Waals surface area contributed by atoms with E-state index in [9.17, 15) is 18.3 Å². The van der Waals surface area contributed by atoms with Crippen LogP contribution < -0.4 is 0 Å². The van der Waals surface area contributed by atoms with Gasteiger partial charge in [0.15, 0.2) is 4.91 Å². The molecule has 0 aromatic heterocycles. The minimum absolute atomic E-state index is 0.0144. The Bertz CT molecular complexity index is 693. The van der Waals surface area contributed by atoms with Gasteiger partial charge in [-0.2, -0.15) is 0 Å². The van der Waals surface area contributed by atoms with Gasteiger partial charge in [-0.3, -0.25) is 0 Å². The number of esters is 1. The molecule has 0 bridgehead atoms. The molecule has 0 amide bonds. The SMILES string of the molecule is CCOC(=O)/C(=C/C=C/N(CC)C(C)O)S(=O)(=O)c1ccccc1. The molecule has 6 nitrogen and oxygen atoms in total. The van der Waals surface area contributed by atoms with Crippen LogP contribution in [-0.4, -0.2) is 43.8 Å². The Morgan fingerprint density at radius 3 is 2.42 bits per heavy atom. The molecular weight excluding hydrogens is 330 g/mol. The van der Waals surface area contributed by atoms with Gasteiger partial charge in [0.05, 0.1) is 11.5 Å². The van der Waals surface area contributed by atoms with E-state index in [-0.39, 0.29) is 11.5 Å². The minimum atomic E-state index is -3.99. The molecule has 1 aromatic rings. The highest BCUT2D eigenvalue weighted by Crippen LogP contribution is 2.20. The molecule has 1 rings (SSSR count). The summed E-state index contributed by atoms with van der Waals surface area (Å²) in [6.07, 6.45) is 3.38. The molecule has 0 heterocycles. The average Bonchev–Trinajstić information content (AvgIpc) is 2.55. The summed E-state index contributed by atoms with van der Waals surface area (Å²) in [6.45, 7) is 5.63. The van der Waals surface area contributed by atoms with Gasteiger partial charge in [0.1, 0.15) is 6.23 Å². The first-order valence-electron chi connectivity index (χ1n) is 7.64. The number of aliphatic hydroxyl groups excluding tert-OH is 1. The Morgan fingerprint density at radius 2 is 1.92 bits per heavy atom. The number of carbonyl (C=O) groups excluding carboxylic acids is 1. The monoisotopic (exact) mass is 353 g/mol. The summed E-state index contributed by atoms with van der Waals surface area (Å²) in [5.41, 5.74) is 0. The fraction of sp³-hybridized carbons (Fsp3) is 0.353. The van der Waals surface area contributed by atoms with Gasteiger partial charge in [-0.25, -0.2) is 13.2 Å². The van der Waals surface area contributed by atoms with Crippen LogP contribution in [0.3, 0.4) is 0 Å². The molecule has 1 unspecified atom stereocenters. The van der Waals surface area contributed by atoms with E-state index >= 15 is 0 Å². The minimum Gasteiger partial charge on any atom is -0.462 e. The van der Waals surface area contributed by atoms with Crippen LogP contribution >= 0.6 is 0 Å². The zero-order valence-electron chi connectivity index (χ0n) is 14.0. The Labute approximate surface area is 143 Å². The van der Waals surface area contributed by atoms with E-state index < -0.39 is 26.9 Å². The molecule has 0 saturated carbocycles. The number of rotatable bonds is 8. The number of carbonyl (C=O) groups is 1. The molecule has 0 spiro atoms. The number of allylic oxidation sites excluding steroid dienone is 2.